The van der Waals surface area contributed by atoms with Crippen LogP contribution in [0.25, 0.3) is 0 Å². The molecule has 128 valence electrons. The molecule has 1 aromatic heterocycles. The van der Waals surface area contributed by atoms with Gasteiger partial charge in [-0.3, -0.25) is 14.9 Å². The Balaban J connectivity index is 1.77. The van der Waals surface area contributed by atoms with Crippen LogP contribution >= 0.6 is 11.3 Å². The molecule has 0 radical (unpaired) electrons. The van der Waals surface area contributed by atoms with E-state index in [0.29, 0.717) is 16.2 Å². The number of hydrogen-bond donors (Lipinski definition) is 1. The summed E-state index contributed by atoms with van der Waals surface area (Å²) in [7, 11) is 0. The van der Waals surface area contributed by atoms with Gasteiger partial charge in [0.2, 0.25) is 0 Å². The van der Waals surface area contributed by atoms with Crippen molar-refractivity contribution in [2.75, 3.05) is 6.61 Å². The topological polar surface area (TPSA) is 105 Å². The SMILES string of the molecule is C[C@H](Oc1ccc(C#N)cc1)C(=O)OCC(=O)NC(=O)c1cccs1. The normalized spacial score (nSPS) is 11.0. The maximum Gasteiger partial charge on any atom is 0.347 e. The highest BCUT2D eigenvalue weighted by Crippen LogP contribution is 2.14. The van der Waals surface area contributed by atoms with Gasteiger partial charge in [-0.2, -0.15) is 5.26 Å². The van der Waals surface area contributed by atoms with Crippen LogP contribution in [-0.4, -0.2) is 30.5 Å². The summed E-state index contributed by atoms with van der Waals surface area (Å²) >= 11 is 1.19. The van der Waals surface area contributed by atoms with Crippen molar-refractivity contribution in [2.45, 2.75) is 13.0 Å². The molecule has 0 saturated carbocycles. The van der Waals surface area contributed by atoms with Gasteiger partial charge in [0.1, 0.15) is 5.75 Å². The fraction of sp³-hybridized carbons (Fsp3) is 0.176. The van der Waals surface area contributed by atoms with Gasteiger partial charge in [-0.15, -0.1) is 11.3 Å². The largest absolute Gasteiger partial charge is 0.479 e. The Morgan fingerprint density at radius 3 is 2.56 bits per heavy atom. The van der Waals surface area contributed by atoms with Crippen molar-refractivity contribution in [3.63, 3.8) is 0 Å². The Bertz CT molecular complexity index is 793. The number of ether oxygens (including phenoxy) is 2. The average Bonchev–Trinajstić information content (AvgIpc) is 3.15. The Labute approximate surface area is 147 Å². The van der Waals surface area contributed by atoms with Gasteiger partial charge in [-0.05, 0) is 42.6 Å². The summed E-state index contributed by atoms with van der Waals surface area (Å²) in [5, 5.41) is 12.6. The highest BCUT2D eigenvalue weighted by Gasteiger charge is 2.19. The molecule has 0 bridgehead atoms. The van der Waals surface area contributed by atoms with Crippen LogP contribution in [0.5, 0.6) is 5.75 Å². The molecular weight excluding hydrogens is 344 g/mol. The van der Waals surface area contributed by atoms with Crippen LogP contribution in [0.2, 0.25) is 0 Å². The third-order valence-electron chi connectivity index (χ3n) is 2.97. The van der Waals surface area contributed by atoms with Crippen molar-refractivity contribution in [1.29, 1.82) is 5.26 Å². The Kier molecular flexibility index (Phi) is 6.26. The van der Waals surface area contributed by atoms with Gasteiger partial charge in [0, 0.05) is 0 Å². The lowest BCUT2D eigenvalue weighted by Crippen LogP contribution is -2.35. The smallest absolute Gasteiger partial charge is 0.347 e. The lowest BCUT2D eigenvalue weighted by atomic mass is 10.2. The molecule has 1 atom stereocenters. The zero-order chi connectivity index (χ0) is 18.2. The molecule has 0 aliphatic heterocycles. The zero-order valence-corrected chi connectivity index (χ0v) is 14.0. The standard InChI is InChI=1S/C17H14N2O5S/c1-11(24-13-6-4-12(9-18)5-7-13)17(22)23-10-15(20)19-16(21)14-3-2-8-25-14/h2-8,11H,10H2,1H3,(H,19,20,21)/t11-/m0/s1. The van der Waals surface area contributed by atoms with Crippen LogP contribution < -0.4 is 10.1 Å². The van der Waals surface area contributed by atoms with E-state index >= 15 is 0 Å². The first kappa shape index (κ1) is 18.2. The van der Waals surface area contributed by atoms with Crippen LogP contribution in [0, 0.1) is 11.3 Å². The second kappa shape index (κ2) is 8.61. The van der Waals surface area contributed by atoms with Crippen molar-refractivity contribution in [2.24, 2.45) is 0 Å². The maximum absolute atomic E-state index is 11.8. The van der Waals surface area contributed by atoms with E-state index in [-0.39, 0.29) is 0 Å². The first-order valence-corrected chi connectivity index (χ1v) is 8.08. The number of esters is 1. The summed E-state index contributed by atoms with van der Waals surface area (Å²) in [6, 6.07) is 11.4. The molecule has 1 N–H and O–H groups in total. The molecular formula is C17H14N2O5S. The van der Waals surface area contributed by atoms with Gasteiger partial charge in [-0.1, -0.05) is 6.07 Å². The molecule has 0 spiro atoms. The fourth-order valence-electron chi connectivity index (χ4n) is 1.75. The Morgan fingerprint density at radius 1 is 1.24 bits per heavy atom. The molecule has 1 heterocycles. The fourth-order valence-corrected chi connectivity index (χ4v) is 2.37. The molecule has 0 aliphatic rings. The van der Waals surface area contributed by atoms with Gasteiger partial charge >= 0.3 is 5.97 Å². The van der Waals surface area contributed by atoms with E-state index in [9.17, 15) is 14.4 Å². The number of imide groups is 1. The van der Waals surface area contributed by atoms with Crippen LogP contribution in [-0.2, 0) is 14.3 Å². The summed E-state index contributed by atoms with van der Waals surface area (Å²) in [5.41, 5.74) is 0.467. The molecule has 0 fully saturated rings. The first-order chi connectivity index (χ1) is 12.0. The second-order valence-corrected chi connectivity index (χ2v) is 5.81. The van der Waals surface area contributed by atoms with E-state index in [4.69, 9.17) is 14.7 Å². The molecule has 8 heteroatoms. The van der Waals surface area contributed by atoms with E-state index in [1.54, 1.807) is 41.8 Å². The second-order valence-electron chi connectivity index (χ2n) is 4.86. The molecule has 2 amide bonds. The molecule has 0 aliphatic carbocycles. The quantitative estimate of drug-likeness (QED) is 0.791. The molecule has 1 aromatic carbocycles. The summed E-state index contributed by atoms with van der Waals surface area (Å²) in [6.07, 6.45) is -0.950. The summed E-state index contributed by atoms with van der Waals surface area (Å²) in [4.78, 5) is 35.5. The average molecular weight is 358 g/mol. The van der Waals surface area contributed by atoms with Crippen LogP contribution in [0.15, 0.2) is 41.8 Å². The van der Waals surface area contributed by atoms with Crippen LogP contribution in [0.3, 0.4) is 0 Å². The van der Waals surface area contributed by atoms with Crippen LogP contribution in [0.1, 0.15) is 22.2 Å². The summed E-state index contributed by atoms with van der Waals surface area (Å²) in [6.45, 7) is 0.881. The number of amides is 2. The van der Waals surface area contributed by atoms with E-state index in [1.807, 2.05) is 6.07 Å². The van der Waals surface area contributed by atoms with Crippen molar-refractivity contribution in [1.82, 2.24) is 5.32 Å². The lowest BCUT2D eigenvalue weighted by molar-refractivity contribution is -0.154. The molecule has 0 unspecified atom stereocenters. The number of thiophene rings is 1. The minimum Gasteiger partial charge on any atom is -0.479 e. The predicted molar refractivity (Wildman–Crippen MR) is 89.0 cm³/mol. The first-order valence-electron chi connectivity index (χ1n) is 7.20. The van der Waals surface area contributed by atoms with Gasteiger partial charge in [-0.25, -0.2) is 4.79 Å². The highest BCUT2D eigenvalue weighted by molar-refractivity contribution is 7.12. The van der Waals surface area contributed by atoms with Crippen molar-refractivity contribution in [3.05, 3.63) is 52.2 Å². The minimum absolute atomic E-state index is 0.386. The molecule has 2 aromatic rings. The van der Waals surface area contributed by atoms with Gasteiger partial charge in [0.15, 0.2) is 12.7 Å². The van der Waals surface area contributed by atoms with Gasteiger partial charge in [0.05, 0.1) is 16.5 Å². The zero-order valence-electron chi connectivity index (χ0n) is 13.2. The number of carbonyl (C=O) groups is 3. The number of benzene rings is 1. The summed E-state index contributed by atoms with van der Waals surface area (Å²) < 4.78 is 10.2. The van der Waals surface area contributed by atoms with Gasteiger partial charge in [0.25, 0.3) is 11.8 Å². The predicted octanol–water partition coefficient (Wildman–Crippen LogP) is 1.89. The lowest BCUT2D eigenvalue weighted by Gasteiger charge is -2.13. The number of carbonyl (C=O) groups excluding carboxylic acids is 3. The molecule has 0 saturated heterocycles. The number of nitrogens with zero attached hydrogens (tertiary/aromatic N) is 1. The number of hydrogen-bond acceptors (Lipinski definition) is 7. The number of nitriles is 1. The highest BCUT2D eigenvalue weighted by atomic mass is 32.1. The molecule has 2 rings (SSSR count). The maximum atomic E-state index is 11.8. The van der Waals surface area contributed by atoms with E-state index < -0.39 is 30.5 Å². The minimum atomic E-state index is -0.950. The van der Waals surface area contributed by atoms with Crippen molar-refractivity contribution >= 4 is 29.1 Å². The third-order valence-corrected chi connectivity index (χ3v) is 3.84. The monoisotopic (exact) mass is 358 g/mol. The summed E-state index contributed by atoms with van der Waals surface area (Å²) in [5.74, 6) is -1.63. The number of rotatable bonds is 6. The molecule has 7 nitrogen and oxygen atoms in total. The van der Waals surface area contributed by atoms with Crippen molar-refractivity contribution in [3.8, 4) is 11.8 Å². The Morgan fingerprint density at radius 2 is 1.96 bits per heavy atom. The number of nitrogens with one attached hydrogen (secondary N) is 1. The van der Waals surface area contributed by atoms with E-state index in [0.717, 1.165) is 0 Å². The van der Waals surface area contributed by atoms with E-state index in [2.05, 4.69) is 5.32 Å². The van der Waals surface area contributed by atoms with E-state index in [1.165, 1.54) is 18.3 Å². The van der Waals surface area contributed by atoms with Gasteiger partial charge < -0.3 is 9.47 Å². The Hall–Kier alpha value is -3.18. The van der Waals surface area contributed by atoms with Crippen molar-refractivity contribution < 1.29 is 23.9 Å². The van der Waals surface area contributed by atoms with Crippen LogP contribution in [0.4, 0.5) is 0 Å². The molecule has 25 heavy (non-hydrogen) atoms. The third kappa shape index (κ3) is 5.44.